The molecule has 5 aliphatic carbocycles. The summed E-state index contributed by atoms with van der Waals surface area (Å²) in [5, 5.41) is 0. The van der Waals surface area contributed by atoms with E-state index in [0.29, 0.717) is 5.41 Å². The number of rotatable bonds is 2. The summed E-state index contributed by atoms with van der Waals surface area (Å²) in [5.74, 6) is 4.22. The van der Waals surface area contributed by atoms with Gasteiger partial charge < -0.3 is 0 Å². The molecule has 7 atom stereocenters. The highest BCUT2D eigenvalue weighted by Crippen LogP contribution is 2.86. The normalized spacial score (nSPS) is 60.3. The van der Waals surface area contributed by atoms with Gasteiger partial charge >= 0.3 is 0 Å². The standard InChI is InChI=1S/C19H32/c1-5-13(2)15-10-14-11-17(3)8-6-7-9-19(17)16(14)12-18(15,19)4/h13-16H,5-12H2,1-4H3. The summed E-state index contributed by atoms with van der Waals surface area (Å²) in [6.07, 6.45) is 12.3. The van der Waals surface area contributed by atoms with Gasteiger partial charge in [-0.25, -0.2) is 0 Å². The third-order valence-electron chi connectivity index (χ3n) is 8.91. The molecule has 0 aliphatic heterocycles. The van der Waals surface area contributed by atoms with E-state index in [9.17, 15) is 0 Å². The Kier molecular flexibility index (Phi) is 2.41. The van der Waals surface area contributed by atoms with E-state index >= 15 is 0 Å². The summed E-state index contributed by atoms with van der Waals surface area (Å²) < 4.78 is 0. The third kappa shape index (κ3) is 1.16. The molecule has 19 heavy (non-hydrogen) atoms. The van der Waals surface area contributed by atoms with Gasteiger partial charge in [0.25, 0.3) is 0 Å². The Bertz CT molecular complexity index is 399. The van der Waals surface area contributed by atoms with Gasteiger partial charge in [0.1, 0.15) is 0 Å². The molecule has 5 aliphatic rings. The van der Waals surface area contributed by atoms with E-state index < -0.39 is 0 Å². The molecule has 0 amide bonds. The van der Waals surface area contributed by atoms with Gasteiger partial charge in [0.15, 0.2) is 0 Å². The van der Waals surface area contributed by atoms with E-state index in [1.165, 1.54) is 19.3 Å². The van der Waals surface area contributed by atoms with Crippen molar-refractivity contribution in [2.24, 2.45) is 39.9 Å². The zero-order valence-electron chi connectivity index (χ0n) is 13.5. The highest BCUT2D eigenvalue weighted by Gasteiger charge is 2.79. The Morgan fingerprint density at radius 1 is 1.11 bits per heavy atom. The van der Waals surface area contributed by atoms with E-state index in [0.717, 1.165) is 34.5 Å². The molecule has 5 fully saturated rings. The van der Waals surface area contributed by atoms with Crippen molar-refractivity contribution in [3.63, 3.8) is 0 Å². The van der Waals surface area contributed by atoms with E-state index in [-0.39, 0.29) is 0 Å². The van der Waals surface area contributed by atoms with E-state index in [1.807, 2.05) is 0 Å². The van der Waals surface area contributed by atoms with Crippen molar-refractivity contribution < 1.29 is 0 Å². The average Bonchev–Trinajstić information content (AvgIpc) is 2.56. The molecule has 0 heteroatoms. The SMILES string of the molecule is CCC(C)C1CC2CC3(C)CCCCC34C2CC14C. The predicted molar refractivity (Wildman–Crippen MR) is 80.9 cm³/mol. The lowest BCUT2D eigenvalue weighted by Crippen LogP contribution is -2.68. The summed E-state index contributed by atoms with van der Waals surface area (Å²) in [7, 11) is 0. The maximum atomic E-state index is 2.71. The molecule has 0 saturated heterocycles. The lowest BCUT2D eigenvalue weighted by Gasteiger charge is -2.74. The Hall–Kier alpha value is 0. The lowest BCUT2D eigenvalue weighted by atomic mass is 9.30. The minimum Gasteiger partial charge on any atom is -0.0651 e. The minimum absolute atomic E-state index is 0.704. The summed E-state index contributed by atoms with van der Waals surface area (Å²) in [4.78, 5) is 0. The van der Waals surface area contributed by atoms with Gasteiger partial charge in [-0.1, -0.05) is 47.0 Å². The highest BCUT2D eigenvalue weighted by molar-refractivity contribution is 5.27. The first-order chi connectivity index (χ1) is 8.98. The fourth-order valence-electron chi connectivity index (χ4n) is 8.19. The molecule has 0 aromatic heterocycles. The second-order valence-corrected chi connectivity index (χ2v) is 9.16. The van der Waals surface area contributed by atoms with Gasteiger partial charge in [-0.05, 0) is 72.0 Å². The van der Waals surface area contributed by atoms with Crippen molar-refractivity contribution >= 4 is 0 Å². The number of hydrogen-bond donors (Lipinski definition) is 0. The lowest BCUT2D eigenvalue weighted by molar-refractivity contribution is -0.262. The van der Waals surface area contributed by atoms with Gasteiger partial charge in [0.2, 0.25) is 0 Å². The molecule has 0 radical (unpaired) electrons. The maximum absolute atomic E-state index is 2.71. The zero-order chi connectivity index (χ0) is 13.5. The summed E-state index contributed by atoms with van der Waals surface area (Å²) >= 11 is 0. The van der Waals surface area contributed by atoms with Crippen LogP contribution >= 0.6 is 0 Å². The van der Waals surface area contributed by atoms with Crippen LogP contribution in [0.4, 0.5) is 0 Å². The molecule has 7 unspecified atom stereocenters. The van der Waals surface area contributed by atoms with Crippen molar-refractivity contribution in [1.29, 1.82) is 0 Å². The smallest absolute Gasteiger partial charge is 0.0156 e. The molecule has 0 aromatic carbocycles. The van der Waals surface area contributed by atoms with Crippen molar-refractivity contribution in [3.05, 3.63) is 0 Å². The van der Waals surface area contributed by atoms with Crippen LogP contribution in [0.1, 0.15) is 79.1 Å². The molecular weight excluding hydrogens is 228 g/mol. The molecule has 4 bridgehead atoms. The van der Waals surface area contributed by atoms with E-state index in [1.54, 1.807) is 32.1 Å². The second-order valence-electron chi connectivity index (χ2n) is 9.16. The molecule has 5 saturated carbocycles. The van der Waals surface area contributed by atoms with Gasteiger partial charge in [0.05, 0.1) is 0 Å². The first-order valence-corrected chi connectivity index (χ1v) is 8.98. The van der Waals surface area contributed by atoms with Crippen LogP contribution in [0.15, 0.2) is 0 Å². The topological polar surface area (TPSA) is 0 Å². The van der Waals surface area contributed by atoms with Gasteiger partial charge in [0, 0.05) is 0 Å². The molecule has 108 valence electrons. The maximum Gasteiger partial charge on any atom is -0.0156 e. The highest BCUT2D eigenvalue weighted by atomic mass is 14.8. The van der Waals surface area contributed by atoms with Crippen molar-refractivity contribution in [2.45, 2.75) is 79.1 Å². The van der Waals surface area contributed by atoms with Gasteiger partial charge in [-0.2, -0.15) is 0 Å². The monoisotopic (exact) mass is 260 g/mol. The quantitative estimate of drug-likeness (QED) is 0.600. The fourth-order valence-corrected chi connectivity index (χ4v) is 8.19. The van der Waals surface area contributed by atoms with Crippen LogP contribution < -0.4 is 0 Å². The van der Waals surface area contributed by atoms with Crippen molar-refractivity contribution in [1.82, 2.24) is 0 Å². The van der Waals surface area contributed by atoms with Crippen LogP contribution in [0.25, 0.3) is 0 Å². The Morgan fingerprint density at radius 3 is 2.58 bits per heavy atom. The molecule has 5 rings (SSSR count). The summed E-state index contributed by atoms with van der Waals surface area (Å²) in [6, 6.07) is 0. The van der Waals surface area contributed by atoms with Crippen LogP contribution in [0.5, 0.6) is 0 Å². The van der Waals surface area contributed by atoms with E-state index in [4.69, 9.17) is 0 Å². The molecule has 0 nitrogen and oxygen atoms in total. The number of hydrogen-bond acceptors (Lipinski definition) is 0. The molecule has 0 heterocycles. The van der Waals surface area contributed by atoms with Crippen LogP contribution in [0.2, 0.25) is 0 Å². The average molecular weight is 260 g/mol. The Morgan fingerprint density at radius 2 is 1.84 bits per heavy atom. The van der Waals surface area contributed by atoms with Crippen LogP contribution in [0, 0.1) is 39.9 Å². The van der Waals surface area contributed by atoms with Crippen LogP contribution in [-0.2, 0) is 0 Å². The van der Waals surface area contributed by atoms with Gasteiger partial charge in [-0.3, -0.25) is 0 Å². The summed E-state index contributed by atoms with van der Waals surface area (Å²) in [6.45, 7) is 10.4. The molecule has 0 N–H and O–H groups in total. The first kappa shape index (κ1) is 12.7. The number of fused-ring (bicyclic) bond motifs is 1. The molecule has 0 aromatic rings. The Labute approximate surface area is 119 Å². The first-order valence-electron chi connectivity index (χ1n) is 8.98. The second kappa shape index (κ2) is 3.60. The summed E-state index contributed by atoms with van der Waals surface area (Å²) in [5.41, 5.74) is 2.19. The van der Waals surface area contributed by atoms with E-state index in [2.05, 4.69) is 27.7 Å². The van der Waals surface area contributed by atoms with Crippen molar-refractivity contribution in [3.8, 4) is 0 Å². The predicted octanol–water partition coefficient (Wildman–Crippen LogP) is 5.67. The minimum atomic E-state index is 0.704. The third-order valence-corrected chi connectivity index (χ3v) is 8.91. The van der Waals surface area contributed by atoms with Crippen LogP contribution in [0.3, 0.4) is 0 Å². The Balaban J connectivity index is 1.80. The van der Waals surface area contributed by atoms with Crippen molar-refractivity contribution in [2.75, 3.05) is 0 Å². The fraction of sp³-hybridized carbons (Fsp3) is 1.00. The largest absolute Gasteiger partial charge is 0.0651 e. The van der Waals surface area contributed by atoms with Crippen LogP contribution in [-0.4, -0.2) is 0 Å². The zero-order valence-corrected chi connectivity index (χ0v) is 13.5. The molecule has 1 spiro atoms. The molecular formula is C19H32. The van der Waals surface area contributed by atoms with Gasteiger partial charge in [-0.15, -0.1) is 0 Å².